The molecule has 1 aromatic carbocycles. The van der Waals surface area contributed by atoms with E-state index in [0.717, 1.165) is 12.8 Å². The maximum absolute atomic E-state index is 15.1. The highest BCUT2D eigenvalue weighted by Gasteiger charge is 2.52. The number of rotatable bonds is 3. The number of hydrogen-bond donors (Lipinski definition) is 1. The van der Waals surface area contributed by atoms with Crippen LogP contribution in [0.5, 0.6) is 11.6 Å². The van der Waals surface area contributed by atoms with Gasteiger partial charge in [-0.15, -0.1) is 0 Å². The lowest BCUT2D eigenvalue weighted by atomic mass is 9.65. The molecule has 0 spiro atoms. The molecule has 0 saturated carbocycles. The fraction of sp³-hybridized carbons (Fsp3) is 0.435. The maximum Gasteiger partial charge on any atom is 0.208 e. The fourth-order valence-electron chi connectivity index (χ4n) is 4.42. The Hall–Kier alpha value is -2.98. The van der Waals surface area contributed by atoms with Crippen LogP contribution in [0.25, 0.3) is 4.85 Å². The van der Waals surface area contributed by atoms with E-state index in [-0.39, 0.29) is 35.7 Å². The first-order chi connectivity index (χ1) is 14.2. The van der Waals surface area contributed by atoms with Gasteiger partial charge in [0.2, 0.25) is 5.88 Å². The van der Waals surface area contributed by atoms with Crippen LogP contribution in [0.2, 0.25) is 0 Å². The molecule has 3 atom stereocenters. The third-order valence-corrected chi connectivity index (χ3v) is 6.12. The quantitative estimate of drug-likeness (QED) is 0.728. The van der Waals surface area contributed by atoms with E-state index >= 15 is 4.39 Å². The molecule has 30 heavy (non-hydrogen) atoms. The molecule has 0 unspecified atom stereocenters. The van der Waals surface area contributed by atoms with Crippen LogP contribution in [0.4, 0.5) is 10.1 Å². The Bertz CT molecular complexity index is 1050. The second-order valence-corrected chi connectivity index (χ2v) is 8.77. The van der Waals surface area contributed by atoms with Gasteiger partial charge in [-0.2, -0.15) is 0 Å². The summed E-state index contributed by atoms with van der Waals surface area (Å²) in [4.78, 5) is 12.4. The number of ether oxygens (including phenoxy) is 2. The Morgan fingerprint density at radius 2 is 2.10 bits per heavy atom. The zero-order valence-corrected chi connectivity index (χ0v) is 17.4. The van der Waals surface area contributed by atoms with Crippen molar-refractivity contribution in [2.45, 2.75) is 45.3 Å². The molecule has 0 bridgehead atoms. The van der Waals surface area contributed by atoms with Gasteiger partial charge in [-0.25, -0.2) is 14.2 Å². The highest BCUT2D eigenvalue weighted by atomic mass is 19.1. The molecule has 0 radical (unpaired) electrons. The second kappa shape index (κ2) is 7.37. The van der Waals surface area contributed by atoms with Gasteiger partial charge in [-0.3, -0.25) is 4.99 Å². The lowest BCUT2D eigenvalue weighted by Crippen LogP contribution is -2.54. The molecule has 0 amide bonds. The van der Waals surface area contributed by atoms with Crippen LogP contribution in [0.1, 0.15) is 39.2 Å². The molecule has 4 rings (SSSR count). The average Bonchev–Trinajstić information content (AvgIpc) is 2.71. The third kappa shape index (κ3) is 3.52. The minimum Gasteiger partial charge on any atom is -0.440 e. The molecule has 2 aromatic rings. The molecular weight excluding hydrogens is 383 g/mol. The molecule has 1 aromatic heterocycles. The predicted octanol–water partition coefficient (Wildman–Crippen LogP) is 4.97. The topological polar surface area (TPSA) is 74.1 Å². The van der Waals surface area contributed by atoms with Crippen molar-refractivity contribution in [2.75, 3.05) is 6.61 Å². The van der Waals surface area contributed by atoms with Crippen molar-refractivity contribution in [3.63, 3.8) is 0 Å². The van der Waals surface area contributed by atoms with Crippen molar-refractivity contribution in [1.29, 1.82) is 0 Å². The monoisotopic (exact) mass is 408 g/mol. The van der Waals surface area contributed by atoms with Crippen LogP contribution in [0.3, 0.4) is 0 Å². The van der Waals surface area contributed by atoms with Crippen molar-refractivity contribution >= 4 is 11.5 Å². The van der Waals surface area contributed by atoms with Crippen LogP contribution in [-0.2, 0) is 10.3 Å². The van der Waals surface area contributed by atoms with Crippen LogP contribution in [0, 0.1) is 23.7 Å². The minimum absolute atomic E-state index is 0.0801. The minimum atomic E-state index is -0.888. The fourth-order valence-corrected chi connectivity index (χ4v) is 4.42. The van der Waals surface area contributed by atoms with E-state index in [1.807, 2.05) is 6.92 Å². The molecular formula is C23H25FN4O2. The molecule has 2 N–H and O–H groups in total. The average molecular weight is 408 g/mol. The summed E-state index contributed by atoms with van der Waals surface area (Å²) in [5.74, 6) is 0.929. The number of benzene rings is 1. The largest absolute Gasteiger partial charge is 0.440 e. The van der Waals surface area contributed by atoms with Crippen LogP contribution in [0.15, 0.2) is 41.5 Å². The van der Waals surface area contributed by atoms with E-state index in [2.05, 4.69) is 23.7 Å². The SMILES string of the molecule is [C-]#[N+]c1ccnc(Oc2ccc(F)c([C@]34CO[C@@H](C)C[C@H]3CC(C)(C)C(N)=N4)c2)c1. The summed E-state index contributed by atoms with van der Waals surface area (Å²) >= 11 is 0. The molecule has 156 valence electrons. The summed E-state index contributed by atoms with van der Waals surface area (Å²) < 4.78 is 26.9. The number of halogens is 1. The van der Waals surface area contributed by atoms with Gasteiger partial charge in [-0.05, 0) is 49.9 Å². The molecule has 2 aliphatic rings. The first-order valence-electron chi connectivity index (χ1n) is 10.0. The number of hydrogen-bond acceptors (Lipinski definition) is 5. The van der Waals surface area contributed by atoms with E-state index in [4.69, 9.17) is 26.8 Å². The summed E-state index contributed by atoms with van der Waals surface area (Å²) in [6.45, 7) is 13.6. The Kier molecular flexibility index (Phi) is 4.99. The summed E-state index contributed by atoms with van der Waals surface area (Å²) in [5.41, 5.74) is 6.02. The van der Waals surface area contributed by atoms with Crippen molar-refractivity contribution in [3.8, 4) is 11.6 Å². The van der Waals surface area contributed by atoms with Gasteiger partial charge >= 0.3 is 0 Å². The van der Waals surface area contributed by atoms with Gasteiger partial charge in [0, 0.05) is 23.2 Å². The molecule has 3 heterocycles. The number of aliphatic imine (C=N–C) groups is 1. The summed E-state index contributed by atoms with van der Waals surface area (Å²) in [6, 6.07) is 7.72. The molecule has 2 aliphatic heterocycles. The van der Waals surface area contributed by atoms with Gasteiger partial charge in [0.1, 0.15) is 22.9 Å². The molecule has 7 heteroatoms. The van der Waals surface area contributed by atoms with E-state index in [1.54, 1.807) is 24.3 Å². The van der Waals surface area contributed by atoms with Crippen LogP contribution in [-0.4, -0.2) is 23.5 Å². The van der Waals surface area contributed by atoms with Crippen LogP contribution >= 0.6 is 0 Å². The number of aromatic nitrogens is 1. The molecule has 1 fully saturated rings. The van der Waals surface area contributed by atoms with E-state index < -0.39 is 5.54 Å². The number of nitrogens with zero attached hydrogens (tertiary/aromatic N) is 3. The standard InChI is InChI=1S/C23H25FN4O2/c1-14-9-15-12-22(2,3)21(25)28-23(15,13-29-14)18-11-17(5-6-19(18)24)30-20-10-16(26-4)7-8-27-20/h5-8,10-11,14-15H,9,12-13H2,1-3H3,(H2,25,28)/t14-,15-,23-/m0/s1. The van der Waals surface area contributed by atoms with E-state index in [1.165, 1.54) is 12.3 Å². The third-order valence-electron chi connectivity index (χ3n) is 6.12. The zero-order chi connectivity index (χ0) is 21.5. The summed E-state index contributed by atoms with van der Waals surface area (Å²) in [5, 5.41) is 0. The molecule has 1 saturated heterocycles. The zero-order valence-electron chi connectivity index (χ0n) is 17.4. The number of nitrogens with two attached hydrogens (primary N) is 1. The van der Waals surface area contributed by atoms with Crippen LogP contribution < -0.4 is 10.5 Å². The molecule has 0 aliphatic carbocycles. The summed E-state index contributed by atoms with van der Waals surface area (Å²) in [6.07, 6.45) is 3.16. The van der Waals surface area contributed by atoms with Gasteiger partial charge in [0.05, 0.1) is 19.3 Å². The highest BCUT2D eigenvalue weighted by Crippen LogP contribution is 2.51. The number of amidine groups is 1. The van der Waals surface area contributed by atoms with Gasteiger partial charge in [0.15, 0.2) is 5.69 Å². The maximum atomic E-state index is 15.1. The van der Waals surface area contributed by atoms with Gasteiger partial charge in [0.25, 0.3) is 0 Å². The lowest BCUT2D eigenvalue weighted by molar-refractivity contribution is -0.0657. The van der Waals surface area contributed by atoms with E-state index in [9.17, 15) is 0 Å². The van der Waals surface area contributed by atoms with Crippen molar-refractivity contribution in [3.05, 3.63) is 59.3 Å². The van der Waals surface area contributed by atoms with Crippen molar-refractivity contribution in [1.82, 2.24) is 4.98 Å². The first-order valence-corrected chi connectivity index (χ1v) is 10.0. The summed E-state index contributed by atoms with van der Waals surface area (Å²) in [7, 11) is 0. The van der Waals surface area contributed by atoms with Crippen molar-refractivity contribution < 1.29 is 13.9 Å². The van der Waals surface area contributed by atoms with Crippen molar-refractivity contribution in [2.24, 2.45) is 22.1 Å². The normalized spacial score (nSPS) is 27.5. The first kappa shape index (κ1) is 20.3. The smallest absolute Gasteiger partial charge is 0.208 e. The van der Waals surface area contributed by atoms with E-state index in [0.29, 0.717) is 22.8 Å². The number of fused-ring (bicyclic) bond motifs is 1. The van der Waals surface area contributed by atoms with Gasteiger partial charge in [-0.1, -0.05) is 13.8 Å². The molecule has 6 nitrogen and oxygen atoms in total. The number of pyridine rings is 1. The lowest BCUT2D eigenvalue weighted by Gasteiger charge is -2.50. The second-order valence-electron chi connectivity index (χ2n) is 8.77. The Morgan fingerprint density at radius 1 is 1.30 bits per heavy atom. The Morgan fingerprint density at radius 3 is 2.87 bits per heavy atom. The van der Waals surface area contributed by atoms with Gasteiger partial charge < -0.3 is 15.2 Å². The predicted molar refractivity (Wildman–Crippen MR) is 112 cm³/mol. The highest BCUT2D eigenvalue weighted by molar-refractivity contribution is 5.87. The Labute approximate surface area is 175 Å². The Balaban J connectivity index is 1.77.